The average molecular weight is 360 g/mol. The molecule has 2 aromatic carbocycles. The lowest BCUT2D eigenvalue weighted by atomic mass is 10.1. The first-order chi connectivity index (χ1) is 12.9. The van der Waals surface area contributed by atoms with Crippen LogP contribution >= 0.6 is 0 Å². The van der Waals surface area contributed by atoms with E-state index < -0.39 is 0 Å². The Morgan fingerprint density at radius 1 is 0.926 bits per heavy atom. The highest BCUT2D eigenvalue weighted by molar-refractivity contribution is 6.04. The predicted molar refractivity (Wildman–Crippen MR) is 106 cm³/mol. The molecule has 0 saturated carbocycles. The summed E-state index contributed by atoms with van der Waals surface area (Å²) in [5.41, 5.74) is 4.63. The maximum Gasteiger partial charge on any atom is 0.258 e. The molecule has 6 heteroatoms. The van der Waals surface area contributed by atoms with E-state index in [0.29, 0.717) is 22.8 Å². The third kappa shape index (κ3) is 4.36. The van der Waals surface area contributed by atoms with Gasteiger partial charge in [0.1, 0.15) is 0 Å². The second-order valence-electron chi connectivity index (χ2n) is 6.26. The summed E-state index contributed by atoms with van der Waals surface area (Å²) in [7, 11) is 0. The van der Waals surface area contributed by atoms with Gasteiger partial charge in [-0.15, -0.1) is 0 Å². The van der Waals surface area contributed by atoms with E-state index in [4.69, 9.17) is 0 Å². The van der Waals surface area contributed by atoms with E-state index in [9.17, 15) is 9.59 Å². The van der Waals surface area contributed by atoms with Crippen LogP contribution in [0.15, 0.2) is 54.9 Å². The molecule has 1 amide bonds. The van der Waals surface area contributed by atoms with Crippen LogP contribution in [0.2, 0.25) is 0 Å². The van der Waals surface area contributed by atoms with Gasteiger partial charge in [0.2, 0.25) is 5.95 Å². The van der Waals surface area contributed by atoms with Crippen molar-refractivity contribution in [2.24, 2.45) is 0 Å². The quantitative estimate of drug-likeness (QED) is 0.663. The summed E-state index contributed by atoms with van der Waals surface area (Å²) in [5, 5.41) is 5.91. The molecule has 27 heavy (non-hydrogen) atoms. The molecule has 1 aromatic heterocycles. The Hall–Kier alpha value is -3.54. The third-order valence-electron chi connectivity index (χ3n) is 4.29. The number of hydrogen-bond donors (Lipinski definition) is 2. The maximum atomic E-state index is 12.4. The molecule has 0 bridgehead atoms. The smallest absolute Gasteiger partial charge is 0.258 e. The van der Waals surface area contributed by atoms with Gasteiger partial charge in [-0.2, -0.15) is 0 Å². The van der Waals surface area contributed by atoms with Gasteiger partial charge in [-0.3, -0.25) is 9.59 Å². The van der Waals surface area contributed by atoms with E-state index in [1.54, 1.807) is 24.3 Å². The van der Waals surface area contributed by atoms with Crippen molar-refractivity contribution in [2.75, 3.05) is 10.6 Å². The van der Waals surface area contributed by atoms with Crippen molar-refractivity contribution < 1.29 is 9.59 Å². The maximum absolute atomic E-state index is 12.4. The zero-order valence-electron chi connectivity index (χ0n) is 15.4. The van der Waals surface area contributed by atoms with Crippen molar-refractivity contribution in [2.45, 2.75) is 20.8 Å². The first-order valence-corrected chi connectivity index (χ1v) is 8.51. The van der Waals surface area contributed by atoms with Crippen LogP contribution in [0.3, 0.4) is 0 Å². The van der Waals surface area contributed by atoms with Crippen LogP contribution in [0.25, 0.3) is 0 Å². The summed E-state index contributed by atoms with van der Waals surface area (Å²) in [5.74, 6) is 0.0177. The Labute approximate surface area is 157 Å². The minimum absolute atomic E-state index is 0.0590. The molecule has 0 spiro atoms. The van der Waals surface area contributed by atoms with Crippen LogP contribution in [0.1, 0.15) is 38.8 Å². The molecular formula is C21H20N4O2. The average Bonchev–Trinajstić information content (AvgIpc) is 2.66. The monoisotopic (exact) mass is 360 g/mol. The standard InChI is InChI=1S/C21H20N4O2/c1-13-6-4-9-19(14(13)2)25-21-22-11-17(12-23-21)20(27)24-18-8-5-7-16(10-18)15(3)26/h4-12H,1-3H3,(H,24,27)(H,22,23,25). The molecule has 1 heterocycles. The number of amides is 1. The number of benzene rings is 2. The molecule has 6 nitrogen and oxygen atoms in total. The summed E-state index contributed by atoms with van der Waals surface area (Å²) < 4.78 is 0. The topological polar surface area (TPSA) is 84.0 Å². The first kappa shape index (κ1) is 18.3. The largest absolute Gasteiger partial charge is 0.324 e. The zero-order valence-corrected chi connectivity index (χ0v) is 15.4. The minimum atomic E-state index is -0.339. The summed E-state index contributed by atoms with van der Waals surface area (Å²) in [6.07, 6.45) is 2.93. The molecular weight excluding hydrogens is 340 g/mol. The van der Waals surface area contributed by atoms with Gasteiger partial charge in [0.25, 0.3) is 5.91 Å². The summed E-state index contributed by atoms with van der Waals surface area (Å²) in [6, 6.07) is 12.7. The Morgan fingerprint density at radius 2 is 1.63 bits per heavy atom. The van der Waals surface area contributed by atoms with Crippen LogP contribution in [0, 0.1) is 13.8 Å². The van der Waals surface area contributed by atoms with Gasteiger partial charge in [0.15, 0.2) is 5.78 Å². The van der Waals surface area contributed by atoms with Gasteiger partial charge in [-0.25, -0.2) is 9.97 Å². The molecule has 0 fully saturated rings. The number of aromatic nitrogens is 2. The number of ketones is 1. The van der Waals surface area contributed by atoms with E-state index in [1.165, 1.54) is 24.9 Å². The van der Waals surface area contributed by atoms with Gasteiger partial charge in [0.05, 0.1) is 5.56 Å². The van der Waals surface area contributed by atoms with Crippen LogP contribution in [-0.4, -0.2) is 21.7 Å². The number of hydrogen-bond acceptors (Lipinski definition) is 5. The van der Waals surface area contributed by atoms with E-state index in [2.05, 4.69) is 20.6 Å². The summed E-state index contributed by atoms with van der Waals surface area (Å²) >= 11 is 0. The van der Waals surface area contributed by atoms with Crippen LogP contribution < -0.4 is 10.6 Å². The SMILES string of the molecule is CC(=O)c1cccc(NC(=O)c2cnc(Nc3cccc(C)c3C)nc2)c1. The van der Waals surface area contributed by atoms with Crippen LogP contribution in [0.5, 0.6) is 0 Å². The number of carbonyl (C=O) groups excluding carboxylic acids is 2. The molecule has 0 atom stereocenters. The molecule has 0 unspecified atom stereocenters. The number of nitrogens with one attached hydrogen (secondary N) is 2. The van der Waals surface area contributed by atoms with Crippen LogP contribution in [0.4, 0.5) is 17.3 Å². The van der Waals surface area contributed by atoms with Crippen LogP contribution in [-0.2, 0) is 0 Å². The molecule has 136 valence electrons. The lowest BCUT2D eigenvalue weighted by Gasteiger charge is -2.10. The molecule has 0 aliphatic heterocycles. The van der Waals surface area contributed by atoms with Crippen molar-refractivity contribution in [3.8, 4) is 0 Å². The van der Waals surface area contributed by atoms with Crippen molar-refractivity contribution >= 4 is 29.0 Å². The molecule has 3 aromatic rings. The highest BCUT2D eigenvalue weighted by Gasteiger charge is 2.10. The fourth-order valence-corrected chi connectivity index (χ4v) is 2.54. The van der Waals surface area contributed by atoms with E-state index in [0.717, 1.165) is 11.3 Å². The van der Waals surface area contributed by atoms with Crippen molar-refractivity contribution in [3.63, 3.8) is 0 Å². The predicted octanol–water partition coefficient (Wildman–Crippen LogP) is 4.29. The van der Waals surface area contributed by atoms with Gasteiger partial charge in [-0.05, 0) is 50.1 Å². The highest BCUT2D eigenvalue weighted by Crippen LogP contribution is 2.21. The summed E-state index contributed by atoms with van der Waals surface area (Å²) in [6.45, 7) is 5.54. The number of rotatable bonds is 5. The van der Waals surface area contributed by atoms with Gasteiger partial charge < -0.3 is 10.6 Å². The number of anilines is 3. The Balaban J connectivity index is 1.71. The van der Waals surface area contributed by atoms with Gasteiger partial charge in [0, 0.05) is 29.3 Å². The Kier molecular flexibility index (Phi) is 5.26. The van der Waals surface area contributed by atoms with E-state index in [1.807, 2.05) is 32.0 Å². The molecule has 0 saturated heterocycles. The number of nitrogens with zero attached hydrogens (tertiary/aromatic N) is 2. The lowest BCUT2D eigenvalue weighted by Crippen LogP contribution is -2.13. The molecule has 0 aliphatic carbocycles. The Morgan fingerprint density at radius 3 is 2.33 bits per heavy atom. The molecule has 3 rings (SSSR count). The highest BCUT2D eigenvalue weighted by atomic mass is 16.1. The number of carbonyl (C=O) groups is 2. The summed E-state index contributed by atoms with van der Waals surface area (Å²) in [4.78, 5) is 32.2. The van der Waals surface area contributed by atoms with Crippen molar-refractivity contribution in [3.05, 3.63) is 77.1 Å². The minimum Gasteiger partial charge on any atom is -0.324 e. The van der Waals surface area contributed by atoms with E-state index in [-0.39, 0.29) is 11.7 Å². The van der Waals surface area contributed by atoms with Crippen molar-refractivity contribution in [1.82, 2.24) is 9.97 Å². The molecule has 0 radical (unpaired) electrons. The fraction of sp³-hybridized carbons (Fsp3) is 0.143. The third-order valence-corrected chi connectivity index (χ3v) is 4.29. The number of aryl methyl sites for hydroxylation is 1. The zero-order chi connectivity index (χ0) is 19.4. The molecule has 0 aliphatic rings. The van der Waals surface area contributed by atoms with Gasteiger partial charge >= 0.3 is 0 Å². The number of Topliss-reactive ketones (excluding diaryl/α,β-unsaturated/α-hetero) is 1. The lowest BCUT2D eigenvalue weighted by molar-refractivity contribution is 0.101. The molecule has 2 N–H and O–H groups in total. The van der Waals surface area contributed by atoms with Gasteiger partial charge in [-0.1, -0.05) is 24.3 Å². The second kappa shape index (κ2) is 7.78. The fourth-order valence-electron chi connectivity index (χ4n) is 2.54. The first-order valence-electron chi connectivity index (χ1n) is 8.51. The normalized spacial score (nSPS) is 10.3. The Bertz CT molecular complexity index is 997. The van der Waals surface area contributed by atoms with Crippen molar-refractivity contribution in [1.29, 1.82) is 0 Å². The second-order valence-corrected chi connectivity index (χ2v) is 6.26. The van der Waals surface area contributed by atoms with E-state index >= 15 is 0 Å².